The van der Waals surface area contributed by atoms with E-state index in [2.05, 4.69) is 14.9 Å². The van der Waals surface area contributed by atoms with Gasteiger partial charge in [-0.25, -0.2) is 4.83 Å². The van der Waals surface area contributed by atoms with Crippen LogP contribution in [0.15, 0.2) is 58.8 Å². The Morgan fingerprint density at radius 3 is 2.36 bits per heavy atom. The van der Waals surface area contributed by atoms with Crippen LogP contribution in [0.2, 0.25) is 0 Å². The van der Waals surface area contributed by atoms with Crippen LogP contribution in [0.3, 0.4) is 0 Å². The molecule has 0 bridgehead atoms. The van der Waals surface area contributed by atoms with Crippen LogP contribution in [0.1, 0.15) is 19.4 Å². The zero-order chi connectivity index (χ0) is 16.0. The van der Waals surface area contributed by atoms with Gasteiger partial charge in [0.2, 0.25) is 0 Å². The monoisotopic (exact) mass is 319 g/mol. The van der Waals surface area contributed by atoms with E-state index in [0.717, 1.165) is 5.56 Å². The molecule has 1 aromatic heterocycles. The van der Waals surface area contributed by atoms with Crippen LogP contribution >= 0.6 is 0 Å². The van der Waals surface area contributed by atoms with E-state index >= 15 is 0 Å². The highest BCUT2D eigenvalue weighted by molar-refractivity contribution is 7.89. The normalized spacial score (nSPS) is 11.8. The van der Waals surface area contributed by atoms with Gasteiger partial charge in [0, 0.05) is 12.4 Å². The quantitative estimate of drug-likeness (QED) is 0.653. The first-order chi connectivity index (χ1) is 10.5. The fourth-order valence-corrected chi connectivity index (χ4v) is 2.43. The molecule has 2 aromatic rings. The summed E-state index contributed by atoms with van der Waals surface area (Å²) in [4.78, 5) is 6.15. The molecule has 2 rings (SSSR count). The van der Waals surface area contributed by atoms with Crippen molar-refractivity contribution in [2.45, 2.75) is 24.8 Å². The van der Waals surface area contributed by atoms with Crippen LogP contribution in [0, 0.1) is 0 Å². The van der Waals surface area contributed by atoms with Gasteiger partial charge in [0.15, 0.2) is 0 Å². The van der Waals surface area contributed by atoms with Crippen molar-refractivity contribution in [1.82, 2.24) is 9.82 Å². The fraction of sp³-hybridized carbons (Fsp3) is 0.200. The predicted octanol–water partition coefficient (Wildman–Crippen LogP) is 2.18. The Morgan fingerprint density at radius 2 is 1.77 bits per heavy atom. The van der Waals surface area contributed by atoms with E-state index in [9.17, 15) is 8.42 Å². The summed E-state index contributed by atoms with van der Waals surface area (Å²) in [7, 11) is -3.69. The number of aromatic nitrogens is 1. The van der Waals surface area contributed by atoms with Gasteiger partial charge < -0.3 is 4.74 Å². The van der Waals surface area contributed by atoms with Gasteiger partial charge in [-0.15, -0.1) is 0 Å². The molecule has 0 aliphatic carbocycles. The summed E-state index contributed by atoms with van der Waals surface area (Å²) in [5.41, 5.74) is 0.749. The Hall–Kier alpha value is -2.41. The molecule has 1 N–H and O–H groups in total. The van der Waals surface area contributed by atoms with Gasteiger partial charge in [0.25, 0.3) is 10.0 Å². The van der Waals surface area contributed by atoms with Crippen molar-refractivity contribution < 1.29 is 13.2 Å². The van der Waals surface area contributed by atoms with E-state index < -0.39 is 10.0 Å². The van der Waals surface area contributed by atoms with Crippen LogP contribution in [0.25, 0.3) is 0 Å². The number of nitrogens with zero attached hydrogens (tertiary/aromatic N) is 2. The van der Waals surface area contributed by atoms with Crippen molar-refractivity contribution in [3.8, 4) is 5.75 Å². The molecular weight excluding hydrogens is 302 g/mol. The SMILES string of the molecule is CC(C)Oc1ccc(S(=O)(=O)N/N=C/c2ccncc2)cc1. The third-order valence-electron chi connectivity index (χ3n) is 2.60. The molecule has 0 radical (unpaired) electrons. The predicted molar refractivity (Wildman–Crippen MR) is 84.4 cm³/mol. The minimum absolute atomic E-state index is 0.0329. The molecule has 6 nitrogen and oxygen atoms in total. The van der Waals surface area contributed by atoms with Gasteiger partial charge in [-0.05, 0) is 55.8 Å². The maximum atomic E-state index is 12.1. The second-order valence-corrected chi connectivity index (χ2v) is 6.43. The molecule has 0 fully saturated rings. The van der Waals surface area contributed by atoms with Crippen molar-refractivity contribution >= 4 is 16.2 Å². The van der Waals surface area contributed by atoms with E-state index in [4.69, 9.17) is 4.74 Å². The molecule has 0 aliphatic heterocycles. The first-order valence-corrected chi connectivity index (χ1v) is 8.17. The molecule has 7 heteroatoms. The summed E-state index contributed by atoms with van der Waals surface area (Å²) in [5, 5.41) is 3.74. The van der Waals surface area contributed by atoms with Gasteiger partial charge in [-0.2, -0.15) is 13.5 Å². The van der Waals surface area contributed by atoms with Crippen molar-refractivity contribution in [2.24, 2.45) is 5.10 Å². The van der Waals surface area contributed by atoms with E-state index in [1.807, 2.05) is 13.8 Å². The summed E-state index contributed by atoms with van der Waals surface area (Å²) in [5.74, 6) is 0.620. The Balaban J connectivity index is 2.05. The van der Waals surface area contributed by atoms with Crippen LogP contribution in [0.4, 0.5) is 0 Å². The average molecular weight is 319 g/mol. The number of hydrazone groups is 1. The van der Waals surface area contributed by atoms with Gasteiger partial charge in [0.05, 0.1) is 17.2 Å². The van der Waals surface area contributed by atoms with E-state index in [1.165, 1.54) is 18.3 Å². The van der Waals surface area contributed by atoms with Crippen molar-refractivity contribution in [3.05, 3.63) is 54.4 Å². The molecule has 0 unspecified atom stereocenters. The number of ether oxygens (including phenoxy) is 1. The second-order valence-electron chi connectivity index (χ2n) is 4.77. The summed E-state index contributed by atoms with van der Waals surface area (Å²) >= 11 is 0. The molecule has 0 atom stereocenters. The Bertz CT molecular complexity index is 726. The number of rotatable bonds is 6. The van der Waals surface area contributed by atoms with Gasteiger partial charge in [0.1, 0.15) is 5.75 Å². The van der Waals surface area contributed by atoms with Crippen LogP contribution in [-0.2, 0) is 10.0 Å². The van der Waals surface area contributed by atoms with E-state index in [1.54, 1.807) is 36.7 Å². The summed E-state index contributed by atoms with van der Waals surface area (Å²) in [6.45, 7) is 3.81. The molecule has 0 aliphatic rings. The van der Waals surface area contributed by atoms with Crippen LogP contribution in [-0.4, -0.2) is 25.7 Å². The molecule has 116 valence electrons. The number of hydrogen-bond acceptors (Lipinski definition) is 5. The Labute approximate surface area is 129 Å². The first kappa shape index (κ1) is 16.0. The molecular formula is C15H17N3O3S. The number of nitrogens with one attached hydrogen (secondary N) is 1. The topological polar surface area (TPSA) is 80.7 Å². The van der Waals surface area contributed by atoms with Crippen LogP contribution < -0.4 is 9.57 Å². The Kier molecular flexibility index (Phi) is 5.11. The van der Waals surface area contributed by atoms with Gasteiger partial charge in [-0.3, -0.25) is 4.98 Å². The molecule has 0 saturated carbocycles. The number of benzene rings is 1. The first-order valence-electron chi connectivity index (χ1n) is 6.69. The maximum Gasteiger partial charge on any atom is 0.276 e. The lowest BCUT2D eigenvalue weighted by Gasteiger charge is -2.10. The number of pyridine rings is 1. The minimum atomic E-state index is -3.69. The molecule has 0 saturated heterocycles. The molecule has 0 spiro atoms. The zero-order valence-electron chi connectivity index (χ0n) is 12.3. The van der Waals surface area contributed by atoms with Gasteiger partial charge >= 0.3 is 0 Å². The standard InChI is InChI=1S/C15H17N3O3S/c1-12(2)21-14-3-5-15(6-4-14)22(19,20)18-17-11-13-7-9-16-10-8-13/h3-12,18H,1-2H3/b17-11+. The highest BCUT2D eigenvalue weighted by Gasteiger charge is 2.12. The molecule has 22 heavy (non-hydrogen) atoms. The van der Waals surface area contributed by atoms with E-state index in [-0.39, 0.29) is 11.0 Å². The lowest BCUT2D eigenvalue weighted by Crippen LogP contribution is -2.18. The second kappa shape index (κ2) is 7.04. The average Bonchev–Trinajstić information content (AvgIpc) is 2.48. The summed E-state index contributed by atoms with van der Waals surface area (Å²) < 4.78 is 29.6. The molecule has 1 aromatic carbocycles. The molecule has 0 amide bonds. The van der Waals surface area contributed by atoms with Crippen LogP contribution in [0.5, 0.6) is 5.75 Å². The van der Waals surface area contributed by atoms with Crippen molar-refractivity contribution in [1.29, 1.82) is 0 Å². The third kappa shape index (κ3) is 4.56. The largest absolute Gasteiger partial charge is 0.491 e. The zero-order valence-corrected chi connectivity index (χ0v) is 13.1. The number of sulfonamides is 1. The summed E-state index contributed by atoms with van der Waals surface area (Å²) in [6, 6.07) is 9.61. The molecule has 1 heterocycles. The third-order valence-corrected chi connectivity index (χ3v) is 3.84. The fourth-order valence-electron chi connectivity index (χ4n) is 1.64. The highest BCUT2D eigenvalue weighted by atomic mass is 32.2. The van der Waals surface area contributed by atoms with Crippen molar-refractivity contribution in [3.63, 3.8) is 0 Å². The summed E-state index contributed by atoms with van der Waals surface area (Å²) in [6.07, 6.45) is 4.65. The lowest BCUT2D eigenvalue weighted by atomic mass is 10.3. The lowest BCUT2D eigenvalue weighted by molar-refractivity contribution is 0.242. The van der Waals surface area contributed by atoms with Gasteiger partial charge in [-0.1, -0.05) is 0 Å². The van der Waals surface area contributed by atoms with E-state index in [0.29, 0.717) is 5.75 Å². The highest BCUT2D eigenvalue weighted by Crippen LogP contribution is 2.16. The smallest absolute Gasteiger partial charge is 0.276 e. The van der Waals surface area contributed by atoms with Crippen molar-refractivity contribution in [2.75, 3.05) is 0 Å². The maximum absolute atomic E-state index is 12.1. The number of hydrogen-bond donors (Lipinski definition) is 1. The minimum Gasteiger partial charge on any atom is -0.491 e. The Morgan fingerprint density at radius 1 is 1.14 bits per heavy atom.